The summed E-state index contributed by atoms with van der Waals surface area (Å²) in [6.07, 6.45) is -1.34. The zero-order chi connectivity index (χ0) is 92.9. The summed E-state index contributed by atoms with van der Waals surface area (Å²) in [6.45, 7) is 97.0. The molecule has 0 bridgehead atoms. The Hall–Kier alpha value is 7.36. The van der Waals surface area contributed by atoms with Crippen LogP contribution in [0.4, 0.5) is 0 Å². The fourth-order valence-electron chi connectivity index (χ4n) is 0.625. The SMILES string of the molecule is CC(C)(C)O.CC(C)(C)O.CC(C)(C)O.CC(C)(C)O.CC(C)(C)O.CC(C)(C)O.CC(C)(C)O.CC(C)(C)O.CC(C)(C)O.CC(C)(C)O.CC(C)(C)O.CC(C)(C)O.CC(C)(C)O.CC(C)(C)O.CC(C)(C)O.CC(C)(C)O.CC(C)(C)O.CC(C)(C)O.CC(C)(O)CO.O.O.O.O.O.O.O.O.O.O.O.O.O.O.O.OC(O)c1ccccc1.[CH3-].[CH3-].[CH3-].[CH3-].[CH3-].[CH3-].[CH3-].[CH3-].[CH3-].[CH3-].[CH3-].[CH3-].[CH3-].[Nb+2].[Nb+2].[Nb+2].[Nb+2].[Nb].[Nb].[Nb].[Nb].[Nb].[Ta+2].[Ta+2].[Ta].[Ta]. The van der Waals surface area contributed by atoms with Gasteiger partial charge in [-0.15, -0.1) is 0 Å². The molecular formula is C96H267Nb9O37Ta4-. The van der Waals surface area contributed by atoms with Gasteiger partial charge in [0.15, 0.2) is 6.29 Å². The number of aliphatic hydroxyl groups is 22. The van der Waals surface area contributed by atoms with E-state index < -0.39 is 113 Å². The van der Waals surface area contributed by atoms with Crippen LogP contribution in [0, 0.1) is 96.5 Å². The van der Waals surface area contributed by atoms with Crippen LogP contribution in [0.1, 0.15) is 400 Å². The van der Waals surface area contributed by atoms with Gasteiger partial charge in [-0.05, 0) is 388 Å². The van der Waals surface area contributed by atoms with Crippen molar-refractivity contribution in [2.45, 2.75) is 500 Å². The van der Waals surface area contributed by atoms with Crippen molar-refractivity contribution in [3.63, 3.8) is 0 Å². The van der Waals surface area contributed by atoms with Gasteiger partial charge < -0.3 is 291 Å². The second-order valence-corrected chi connectivity index (χ2v) is 42.8. The standard InChI is InChI=1S/C7H8O2.C4H10O2.18C4H10O.13CH3.9Nb.15H2O.4Ta/c8-7(9)6-4-2-1-3-5-6;1-4(2,6)3-5;18*1-4(2,3)5;;;;;;;;;;;;;;;;;;;;;;;;;;;;;;;;;;;;;;;;;/h1-5,7-9H;5-6H,3H2,1-2H3;18*5H,1-3H3;13*1H3;;;;;;;;;;15*1H2;;;;/q;;;;;;;;;;;;;;;;;;;;13*-1;;;;;;4*+2;;;;;;;;;;;;;;;;;;2*+2. The van der Waals surface area contributed by atoms with Gasteiger partial charge in [-0.3, -0.25) is 0 Å². The van der Waals surface area contributed by atoms with Crippen LogP contribution in [0.3, 0.4) is 0 Å². The topological polar surface area (TPSA) is 918 Å². The molecule has 0 saturated heterocycles. The molecule has 0 unspecified atom stereocenters. The molecule has 13 radical (unpaired) electrons. The summed E-state index contributed by atoms with van der Waals surface area (Å²) in [7, 11) is 0. The van der Waals surface area contributed by atoms with Crippen molar-refractivity contribution in [1.82, 2.24) is 0 Å². The maximum Gasteiger partial charge on any atom is 2.00 e. The van der Waals surface area contributed by atoms with Gasteiger partial charge in [0.2, 0.25) is 0 Å². The van der Waals surface area contributed by atoms with Crippen molar-refractivity contribution < 1.29 is 485 Å². The van der Waals surface area contributed by atoms with Crippen LogP contribution in [-0.2, 0) is 291 Å². The Kier molecular flexibility index (Phi) is 549. The molecule has 0 atom stereocenters. The van der Waals surface area contributed by atoms with Gasteiger partial charge in [-0.2, -0.15) is 0 Å². The Morgan fingerprint density at radius 1 is 0.164 bits per heavy atom. The fourth-order valence-corrected chi connectivity index (χ4v) is 0.625. The number of rotatable bonds is 2. The van der Waals surface area contributed by atoms with Crippen LogP contribution in [0.25, 0.3) is 0 Å². The molecule has 0 aliphatic carbocycles. The van der Waals surface area contributed by atoms with Gasteiger partial charge in [-0.1, -0.05) is 30.3 Å². The molecular weight excluding hydrogens is 3300 g/mol. The van der Waals surface area contributed by atoms with Crippen LogP contribution in [0.2, 0.25) is 0 Å². The summed E-state index contributed by atoms with van der Waals surface area (Å²) in [6, 6.07) is 8.66. The van der Waals surface area contributed by atoms with Crippen molar-refractivity contribution in [2.75, 3.05) is 6.61 Å². The van der Waals surface area contributed by atoms with Gasteiger partial charge >= 0.3 is 134 Å². The van der Waals surface area contributed by atoms with E-state index in [0.717, 1.165) is 0 Å². The number of benzene rings is 1. The number of hydrogen-bond donors (Lipinski definition) is 22. The average molecular weight is 3570 g/mol. The van der Waals surface area contributed by atoms with Crippen LogP contribution in [-0.4, -0.2) is 308 Å². The van der Waals surface area contributed by atoms with E-state index in [-0.39, 0.29) is 476 Å². The molecule has 0 fully saturated rings. The molecule has 1 rings (SSSR count). The van der Waals surface area contributed by atoms with E-state index >= 15 is 0 Å². The molecule has 0 spiro atoms. The van der Waals surface area contributed by atoms with Crippen molar-refractivity contribution >= 4 is 0 Å². The van der Waals surface area contributed by atoms with Gasteiger partial charge in [0.25, 0.3) is 0 Å². The molecule has 0 amide bonds. The van der Waals surface area contributed by atoms with Gasteiger partial charge in [-0.25, -0.2) is 0 Å². The van der Waals surface area contributed by atoms with E-state index in [2.05, 4.69) is 0 Å². The molecule has 52 N–H and O–H groups in total. The summed E-state index contributed by atoms with van der Waals surface area (Å²) in [5, 5.41) is 187. The maximum atomic E-state index is 8.58. The molecule has 0 saturated carbocycles. The first kappa shape index (κ1) is 408. The molecule has 37 nitrogen and oxygen atoms in total. The Morgan fingerprint density at radius 2 is 0.205 bits per heavy atom. The minimum atomic E-state index is -1.34. The van der Waals surface area contributed by atoms with Gasteiger partial charge in [0.1, 0.15) is 0 Å². The van der Waals surface area contributed by atoms with E-state index in [4.69, 9.17) is 112 Å². The minimum Gasteiger partial charge on any atom is -0.412 e. The number of aliphatic hydroxyl groups excluding tert-OH is 2. The largest absolute Gasteiger partial charge is 2.00 e. The Bertz CT molecular complexity index is 1360. The second-order valence-electron chi connectivity index (χ2n) is 42.8. The minimum absolute atomic E-state index is 0. The third-order valence-corrected chi connectivity index (χ3v) is 1.48. The van der Waals surface area contributed by atoms with Crippen LogP contribution in [0.5, 0.6) is 0 Å². The third kappa shape index (κ3) is 6840. The van der Waals surface area contributed by atoms with Gasteiger partial charge in [0, 0.05) is 162 Å². The zero-order valence-corrected chi connectivity index (χ0v) is 139. The molecule has 0 aliphatic heterocycles. The summed E-state index contributed by atoms with van der Waals surface area (Å²) in [4.78, 5) is 0. The van der Waals surface area contributed by atoms with Crippen LogP contribution >= 0.6 is 0 Å². The maximum absolute atomic E-state index is 8.58. The molecule has 1 aromatic rings. The molecule has 0 aliphatic rings. The van der Waals surface area contributed by atoms with Crippen LogP contribution in [0.15, 0.2) is 30.3 Å². The average Bonchev–Trinajstić information content (AvgIpc) is 3.06. The number of hydrogen-bond acceptors (Lipinski definition) is 22. The summed E-state index contributed by atoms with van der Waals surface area (Å²) >= 11 is 0. The van der Waals surface area contributed by atoms with Crippen molar-refractivity contribution in [1.29, 1.82) is 0 Å². The quantitative estimate of drug-likeness (QED) is 0.0760. The molecule has 146 heavy (non-hydrogen) atoms. The first-order valence-corrected chi connectivity index (χ1v) is 35.6. The van der Waals surface area contributed by atoms with Gasteiger partial charge in [0.05, 0.1) is 113 Å². The molecule has 939 valence electrons. The van der Waals surface area contributed by atoms with Crippen molar-refractivity contribution in [3.05, 3.63) is 132 Å². The first-order chi connectivity index (χ1) is 42.9. The zero-order valence-electron chi connectivity index (χ0n) is 106. The fraction of sp³-hybridized carbons (Fsp3) is 0.802. The second kappa shape index (κ2) is 196. The summed E-state index contributed by atoms with van der Waals surface area (Å²) in [5.74, 6) is 0. The Balaban J connectivity index is -0.00000000908. The van der Waals surface area contributed by atoms with Crippen LogP contribution < -0.4 is 0 Å². The van der Waals surface area contributed by atoms with E-state index in [1.54, 1.807) is 412 Å². The van der Waals surface area contributed by atoms with E-state index in [1.165, 1.54) is 0 Å². The van der Waals surface area contributed by atoms with Crippen molar-refractivity contribution in [3.8, 4) is 0 Å². The molecule has 0 heterocycles. The Morgan fingerprint density at radius 3 is 0.226 bits per heavy atom. The molecule has 0 aromatic heterocycles. The smallest absolute Gasteiger partial charge is 0.412 e. The van der Waals surface area contributed by atoms with Crippen molar-refractivity contribution in [2.24, 2.45) is 0 Å². The molecule has 50 heteroatoms. The summed E-state index contributed by atoms with van der Waals surface area (Å²) < 4.78 is 0. The predicted octanol–water partition coefficient (Wildman–Crippen LogP) is 7.86. The van der Waals surface area contributed by atoms with E-state index in [1.807, 2.05) is 6.07 Å². The Labute approximate surface area is 1110 Å². The summed E-state index contributed by atoms with van der Waals surface area (Å²) in [5.41, 5.74) is -9.38. The predicted molar refractivity (Wildman–Crippen MR) is 590 cm³/mol. The van der Waals surface area contributed by atoms with E-state index in [0.29, 0.717) is 5.56 Å². The van der Waals surface area contributed by atoms with E-state index in [9.17, 15) is 0 Å². The molecule has 1 aromatic carbocycles. The monoisotopic (exact) mass is 3570 g/mol. The third-order valence-electron chi connectivity index (χ3n) is 1.48. The first-order valence-electron chi connectivity index (χ1n) is 35.6. The normalized spacial score (nSPS) is 8.51.